The van der Waals surface area contributed by atoms with Gasteiger partial charge in [-0.05, 0) is 30.0 Å². The van der Waals surface area contributed by atoms with Crippen LogP contribution < -0.4 is 16.6 Å². The van der Waals surface area contributed by atoms with Gasteiger partial charge in [0.05, 0.1) is 17.3 Å². The first kappa shape index (κ1) is 12.5. The molecule has 0 fully saturated rings. The standard InChI is InChI=1S/C11H17N3O2S/c12-14-8-13-7-9-3-4-11-10(6-9)2-1-5-17(11,15)16/h3-4,6,13-14H,1-2,5,7-8,12H2. The van der Waals surface area contributed by atoms with Gasteiger partial charge in [0.15, 0.2) is 9.84 Å². The number of hydrogen-bond acceptors (Lipinski definition) is 5. The van der Waals surface area contributed by atoms with E-state index in [2.05, 4.69) is 10.7 Å². The van der Waals surface area contributed by atoms with E-state index >= 15 is 0 Å². The molecule has 1 aromatic carbocycles. The van der Waals surface area contributed by atoms with Crippen molar-refractivity contribution < 1.29 is 8.42 Å². The molecule has 4 N–H and O–H groups in total. The van der Waals surface area contributed by atoms with E-state index in [1.807, 2.05) is 12.1 Å². The van der Waals surface area contributed by atoms with E-state index < -0.39 is 9.84 Å². The van der Waals surface area contributed by atoms with Crippen molar-refractivity contribution in [1.29, 1.82) is 0 Å². The Morgan fingerprint density at radius 2 is 2.18 bits per heavy atom. The van der Waals surface area contributed by atoms with E-state index in [0.717, 1.165) is 24.0 Å². The van der Waals surface area contributed by atoms with Gasteiger partial charge in [0.25, 0.3) is 0 Å². The van der Waals surface area contributed by atoms with Gasteiger partial charge >= 0.3 is 0 Å². The number of nitrogens with one attached hydrogen (secondary N) is 2. The van der Waals surface area contributed by atoms with E-state index in [0.29, 0.717) is 18.1 Å². The predicted octanol–water partition coefficient (Wildman–Crippen LogP) is -0.0831. The van der Waals surface area contributed by atoms with Crippen molar-refractivity contribution in [3.05, 3.63) is 29.3 Å². The van der Waals surface area contributed by atoms with E-state index in [1.165, 1.54) is 0 Å². The number of hydrazine groups is 1. The van der Waals surface area contributed by atoms with Crippen molar-refractivity contribution in [2.45, 2.75) is 24.3 Å². The number of sulfone groups is 1. The van der Waals surface area contributed by atoms with Crippen LogP contribution in [0, 0.1) is 0 Å². The molecule has 0 aromatic heterocycles. The Kier molecular flexibility index (Phi) is 3.78. The van der Waals surface area contributed by atoms with Gasteiger partial charge in [-0.15, -0.1) is 0 Å². The lowest BCUT2D eigenvalue weighted by Crippen LogP contribution is -2.33. The Balaban J connectivity index is 2.20. The third-order valence-electron chi connectivity index (χ3n) is 2.88. The molecule has 1 heterocycles. The van der Waals surface area contributed by atoms with Crippen LogP contribution in [-0.2, 0) is 22.8 Å². The number of benzene rings is 1. The van der Waals surface area contributed by atoms with Gasteiger partial charge in [-0.3, -0.25) is 11.2 Å². The van der Waals surface area contributed by atoms with Gasteiger partial charge in [-0.1, -0.05) is 12.1 Å². The molecule has 0 bridgehead atoms. The first-order valence-electron chi connectivity index (χ1n) is 5.62. The second kappa shape index (κ2) is 5.14. The van der Waals surface area contributed by atoms with Crippen molar-refractivity contribution in [2.75, 3.05) is 12.4 Å². The molecule has 5 nitrogen and oxygen atoms in total. The molecule has 0 amide bonds. The monoisotopic (exact) mass is 255 g/mol. The molecular formula is C11H17N3O2S. The number of nitrogens with two attached hydrogens (primary N) is 1. The quantitative estimate of drug-likeness (QED) is 0.303. The second-order valence-corrected chi connectivity index (χ2v) is 6.25. The molecule has 0 radical (unpaired) electrons. The summed E-state index contributed by atoms with van der Waals surface area (Å²) in [7, 11) is -3.04. The van der Waals surface area contributed by atoms with Crippen LogP contribution in [0.25, 0.3) is 0 Å². The lowest BCUT2D eigenvalue weighted by Gasteiger charge is -2.17. The number of fused-ring (bicyclic) bond motifs is 1. The number of aryl methyl sites for hydroxylation is 1. The Morgan fingerprint density at radius 1 is 1.35 bits per heavy atom. The fraction of sp³-hybridized carbons (Fsp3) is 0.455. The topological polar surface area (TPSA) is 84.2 Å². The van der Waals surface area contributed by atoms with Gasteiger partial charge < -0.3 is 0 Å². The van der Waals surface area contributed by atoms with Crippen LogP contribution in [0.1, 0.15) is 17.5 Å². The zero-order chi connectivity index (χ0) is 12.3. The average molecular weight is 255 g/mol. The molecule has 0 aliphatic carbocycles. The molecule has 94 valence electrons. The molecule has 0 spiro atoms. The van der Waals surface area contributed by atoms with Crippen molar-refractivity contribution in [2.24, 2.45) is 5.84 Å². The molecule has 0 unspecified atom stereocenters. The Bertz CT molecular complexity index is 499. The van der Waals surface area contributed by atoms with Gasteiger partial charge in [-0.2, -0.15) is 0 Å². The Morgan fingerprint density at radius 3 is 2.94 bits per heavy atom. The number of hydrogen-bond donors (Lipinski definition) is 3. The molecule has 0 atom stereocenters. The SMILES string of the molecule is NNCNCc1ccc2c(c1)CCCS2(=O)=O. The van der Waals surface area contributed by atoms with Crippen LogP contribution in [0.15, 0.2) is 23.1 Å². The van der Waals surface area contributed by atoms with Crippen LogP contribution in [0.5, 0.6) is 0 Å². The molecule has 6 heteroatoms. The minimum absolute atomic E-state index is 0.273. The summed E-state index contributed by atoms with van der Waals surface area (Å²) in [4.78, 5) is 0.504. The molecule has 0 saturated heterocycles. The molecule has 1 aromatic rings. The van der Waals surface area contributed by atoms with Crippen LogP contribution in [0.4, 0.5) is 0 Å². The summed E-state index contributed by atoms with van der Waals surface area (Å²) in [5.41, 5.74) is 4.53. The van der Waals surface area contributed by atoms with Crippen LogP contribution >= 0.6 is 0 Å². The Hall–Kier alpha value is -0.950. The maximum atomic E-state index is 11.8. The third-order valence-corrected chi connectivity index (χ3v) is 4.77. The summed E-state index contributed by atoms with van der Waals surface area (Å²) in [5, 5.41) is 3.09. The molecule has 1 aliphatic rings. The summed E-state index contributed by atoms with van der Waals surface area (Å²) in [6.45, 7) is 1.20. The number of rotatable bonds is 4. The zero-order valence-corrected chi connectivity index (χ0v) is 10.4. The third kappa shape index (κ3) is 2.84. The lowest BCUT2D eigenvalue weighted by atomic mass is 10.1. The zero-order valence-electron chi connectivity index (χ0n) is 9.57. The van der Waals surface area contributed by atoms with E-state index in [9.17, 15) is 8.42 Å². The van der Waals surface area contributed by atoms with E-state index in [1.54, 1.807) is 6.07 Å². The molecule has 1 aliphatic heterocycles. The first-order valence-corrected chi connectivity index (χ1v) is 7.27. The summed E-state index contributed by atoms with van der Waals surface area (Å²) < 4.78 is 23.6. The molecule has 17 heavy (non-hydrogen) atoms. The Labute approximate surface area is 101 Å². The van der Waals surface area contributed by atoms with Crippen molar-refractivity contribution in [3.8, 4) is 0 Å². The first-order chi connectivity index (χ1) is 8.13. The van der Waals surface area contributed by atoms with Gasteiger partial charge in [0.1, 0.15) is 0 Å². The minimum Gasteiger partial charge on any atom is -0.299 e. The molecular weight excluding hydrogens is 238 g/mol. The maximum absolute atomic E-state index is 11.8. The normalized spacial score (nSPS) is 17.7. The minimum atomic E-state index is -3.04. The largest absolute Gasteiger partial charge is 0.299 e. The second-order valence-electron chi connectivity index (χ2n) is 4.17. The fourth-order valence-corrected chi connectivity index (χ4v) is 3.66. The van der Waals surface area contributed by atoms with E-state index in [-0.39, 0.29) is 5.75 Å². The van der Waals surface area contributed by atoms with E-state index in [4.69, 9.17) is 5.84 Å². The highest BCUT2D eigenvalue weighted by Gasteiger charge is 2.23. The predicted molar refractivity (Wildman–Crippen MR) is 65.8 cm³/mol. The van der Waals surface area contributed by atoms with Crippen molar-refractivity contribution in [3.63, 3.8) is 0 Å². The highest BCUT2D eigenvalue weighted by Crippen LogP contribution is 2.25. The smallest absolute Gasteiger partial charge is 0.178 e. The summed E-state index contributed by atoms with van der Waals surface area (Å²) in [6, 6.07) is 5.54. The van der Waals surface area contributed by atoms with Crippen LogP contribution in [0.2, 0.25) is 0 Å². The maximum Gasteiger partial charge on any atom is 0.178 e. The van der Waals surface area contributed by atoms with Crippen LogP contribution in [0.3, 0.4) is 0 Å². The van der Waals surface area contributed by atoms with Gasteiger partial charge in [0.2, 0.25) is 0 Å². The van der Waals surface area contributed by atoms with Gasteiger partial charge in [-0.25, -0.2) is 13.8 Å². The van der Waals surface area contributed by atoms with Gasteiger partial charge in [0, 0.05) is 6.54 Å². The summed E-state index contributed by atoms with van der Waals surface area (Å²) >= 11 is 0. The van der Waals surface area contributed by atoms with Crippen molar-refractivity contribution in [1.82, 2.24) is 10.7 Å². The van der Waals surface area contributed by atoms with Crippen LogP contribution in [-0.4, -0.2) is 20.8 Å². The average Bonchev–Trinajstić information content (AvgIpc) is 2.29. The highest BCUT2D eigenvalue weighted by molar-refractivity contribution is 7.91. The summed E-state index contributed by atoms with van der Waals surface area (Å²) in [6.07, 6.45) is 1.56. The fourth-order valence-electron chi connectivity index (χ4n) is 2.08. The highest BCUT2D eigenvalue weighted by atomic mass is 32.2. The summed E-state index contributed by atoms with van der Waals surface area (Å²) in [5.74, 6) is 5.42. The molecule has 2 rings (SSSR count). The van der Waals surface area contributed by atoms with Crippen molar-refractivity contribution >= 4 is 9.84 Å². The molecule has 0 saturated carbocycles. The lowest BCUT2D eigenvalue weighted by molar-refractivity contribution is 0.585.